The third-order valence-corrected chi connectivity index (χ3v) is 2.44. The van der Waals surface area contributed by atoms with Crippen LogP contribution in [0, 0.1) is 0 Å². The highest BCUT2D eigenvalue weighted by Crippen LogP contribution is 2.25. The van der Waals surface area contributed by atoms with Crippen LogP contribution in [0.4, 0.5) is 0 Å². The summed E-state index contributed by atoms with van der Waals surface area (Å²) in [6.07, 6.45) is 3.60. The highest BCUT2D eigenvalue weighted by molar-refractivity contribution is 5.91. The van der Waals surface area contributed by atoms with Crippen LogP contribution in [0.5, 0.6) is 0 Å². The molecule has 3 aromatic rings. The number of H-pyrrole nitrogens is 1. The normalized spacial score (nSPS) is 10.7. The van der Waals surface area contributed by atoms with E-state index in [4.69, 9.17) is 0 Å². The zero-order valence-corrected chi connectivity index (χ0v) is 8.01. The molecule has 3 rings (SSSR count). The van der Waals surface area contributed by atoms with E-state index in [0.717, 1.165) is 16.6 Å². The Balaban J connectivity index is 2.31. The van der Waals surface area contributed by atoms with Gasteiger partial charge in [-0.05, 0) is 17.2 Å². The minimum Gasteiger partial charge on any atom is -0.261 e. The molecule has 0 radical (unpaired) electrons. The largest absolute Gasteiger partial charge is 0.261 e. The van der Waals surface area contributed by atoms with Crippen LogP contribution in [0.3, 0.4) is 0 Å². The van der Waals surface area contributed by atoms with Crippen LogP contribution < -0.4 is 0 Å². The minimum atomic E-state index is 0.830. The second kappa shape index (κ2) is 3.20. The summed E-state index contributed by atoms with van der Waals surface area (Å²) in [6.45, 7) is 0. The summed E-state index contributed by atoms with van der Waals surface area (Å²) < 4.78 is 0. The third-order valence-electron chi connectivity index (χ3n) is 2.44. The van der Waals surface area contributed by atoms with Crippen molar-refractivity contribution in [1.82, 2.24) is 15.2 Å². The topological polar surface area (TPSA) is 41.6 Å². The van der Waals surface area contributed by atoms with E-state index < -0.39 is 0 Å². The molecule has 3 heteroatoms. The summed E-state index contributed by atoms with van der Waals surface area (Å²) in [6, 6.07) is 12.2. The van der Waals surface area contributed by atoms with E-state index in [9.17, 15) is 0 Å². The lowest BCUT2D eigenvalue weighted by Crippen LogP contribution is -1.81. The van der Waals surface area contributed by atoms with Gasteiger partial charge in [0.05, 0.1) is 6.20 Å². The average molecular weight is 195 g/mol. The summed E-state index contributed by atoms with van der Waals surface area (Å²) in [4.78, 5) is 4.21. The van der Waals surface area contributed by atoms with Crippen molar-refractivity contribution in [3.8, 4) is 11.1 Å². The van der Waals surface area contributed by atoms with Crippen molar-refractivity contribution in [2.75, 3.05) is 0 Å². The molecule has 1 N–H and O–H groups in total. The van der Waals surface area contributed by atoms with Gasteiger partial charge < -0.3 is 0 Å². The molecule has 0 saturated carbocycles. The van der Waals surface area contributed by atoms with Crippen molar-refractivity contribution in [1.29, 1.82) is 0 Å². The van der Waals surface area contributed by atoms with Crippen LogP contribution in [-0.4, -0.2) is 15.2 Å². The Labute approximate surface area is 86.8 Å². The first kappa shape index (κ1) is 8.17. The van der Waals surface area contributed by atoms with Gasteiger partial charge in [-0.3, -0.25) is 5.10 Å². The predicted molar refractivity (Wildman–Crippen MR) is 59.3 cm³/mol. The van der Waals surface area contributed by atoms with Crippen LogP contribution in [0.25, 0.3) is 22.2 Å². The van der Waals surface area contributed by atoms with Gasteiger partial charge in [0, 0.05) is 11.6 Å². The fraction of sp³-hybridized carbons (Fsp3) is 0. The molecule has 0 fully saturated rings. The van der Waals surface area contributed by atoms with Gasteiger partial charge in [0.2, 0.25) is 0 Å². The summed E-state index contributed by atoms with van der Waals surface area (Å²) in [5.74, 6) is 0. The highest BCUT2D eigenvalue weighted by atomic mass is 15.1. The number of nitrogens with zero attached hydrogens (tertiary/aromatic N) is 2. The molecule has 0 aliphatic heterocycles. The van der Waals surface area contributed by atoms with Gasteiger partial charge in [-0.1, -0.05) is 30.3 Å². The zero-order valence-electron chi connectivity index (χ0n) is 8.01. The van der Waals surface area contributed by atoms with E-state index in [1.807, 2.05) is 30.5 Å². The Hall–Kier alpha value is -2.16. The molecule has 0 aliphatic carbocycles. The van der Waals surface area contributed by atoms with Crippen LogP contribution >= 0.6 is 0 Å². The van der Waals surface area contributed by atoms with Gasteiger partial charge in [-0.15, -0.1) is 0 Å². The Morgan fingerprint density at radius 3 is 2.73 bits per heavy atom. The van der Waals surface area contributed by atoms with Gasteiger partial charge in [-0.25, -0.2) is 4.98 Å². The van der Waals surface area contributed by atoms with Gasteiger partial charge in [0.1, 0.15) is 0 Å². The average Bonchev–Trinajstić information content (AvgIpc) is 2.78. The molecule has 15 heavy (non-hydrogen) atoms. The maximum atomic E-state index is 4.21. The van der Waals surface area contributed by atoms with E-state index >= 15 is 0 Å². The van der Waals surface area contributed by atoms with Crippen molar-refractivity contribution in [2.45, 2.75) is 0 Å². The Morgan fingerprint density at radius 1 is 1.00 bits per heavy atom. The lowest BCUT2D eigenvalue weighted by atomic mass is 10.0. The first-order chi connectivity index (χ1) is 7.45. The smallest absolute Gasteiger partial charge is 0.155 e. The molecule has 0 atom stereocenters. The molecule has 0 aliphatic rings. The molecule has 2 heterocycles. The maximum absolute atomic E-state index is 4.21. The molecule has 0 saturated heterocycles. The number of fused-ring (bicyclic) bond motifs is 1. The van der Waals surface area contributed by atoms with E-state index in [2.05, 4.69) is 27.3 Å². The molecule has 0 unspecified atom stereocenters. The quantitative estimate of drug-likeness (QED) is 0.648. The number of benzene rings is 1. The van der Waals surface area contributed by atoms with Gasteiger partial charge in [0.25, 0.3) is 0 Å². The highest BCUT2D eigenvalue weighted by Gasteiger charge is 2.04. The number of aromatic amines is 1. The molecule has 1 aromatic carbocycles. The number of nitrogens with one attached hydrogen (secondary N) is 1. The number of pyridine rings is 1. The van der Waals surface area contributed by atoms with Crippen molar-refractivity contribution >= 4 is 11.0 Å². The predicted octanol–water partition coefficient (Wildman–Crippen LogP) is 2.62. The monoisotopic (exact) mass is 195 g/mol. The van der Waals surface area contributed by atoms with E-state index in [1.54, 1.807) is 6.20 Å². The second-order valence-corrected chi connectivity index (χ2v) is 3.36. The summed E-state index contributed by atoms with van der Waals surface area (Å²) in [5.41, 5.74) is 3.18. The molecule has 0 amide bonds. The van der Waals surface area contributed by atoms with Crippen LogP contribution in [0.15, 0.2) is 48.8 Å². The van der Waals surface area contributed by atoms with Crippen LogP contribution in [0.1, 0.15) is 0 Å². The first-order valence-electron chi connectivity index (χ1n) is 4.78. The van der Waals surface area contributed by atoms with Gasteiger partial charge in [-0.2, -0.15) is 5.10 Å². The van der Waals surface area contributed by atoms with Crippen molar-refractivity contribution < 1.29 is 0 Å². The maximum Gasteiger partial charge on any atom is 0.155 e. The molecule has 3 nitrogen and oxygen atoms in total. The van der Waals surface area contributed by atoms with Crippen LogP contribution in [-0.2, 0) is 0 Å². The summed E-state index contributed by atoms with van der Waals surface area (Å²) in [5, 5.41) is 7.93. The fourth-order valence-corrected chi connectivity index (χ4v) is 1.72. The summed E-state index contributed by atoms with van der Waals surface area (Å²) in [7, 11) is 0. The molecular formula is C12H9N3. The zero-order chi connectivity index (χ0) is 10.1. The lowest BCUT2D eigenvalue weighted by Gasteiger charge is -2.01. The molecule has 2 aromatic heterocycles. The number of rotatable bonds is 1. The van der Waals surface area contributed by atoms with E-state index in [-0.39, 0.29) is 0 Å². The number of hydrogen-bond donors (Lipinski definition) is 1. The minimum absolute atomic E-state index is 0.830. The van der Waals surface area contributed by atoms with Crippen molar-refractivity contribution in [3.63, 3.8) is 0 Å². The lowest BCUT2D eigenvalue weighted by molar-refractivity contribution is 1.10. The molecular weight excluding hydrogens is 186 g/mol. The van der Waals surface area contributed by atoms with Crippen molar-refractivity contribution in [2.24, 2.45) is 0 Å². The standard InChI is InChI=1S/C12H9N3/c1-2-4-9(5-3-1)10-6-7-13-12-11(10)8-14-15-12/h1-8H,(H,13,14,15). The Morgan fingerprint density at radius 2 is 1.87 bits per heavy atom. The van der Waals surface area contributed by atoms with E-state index in [1.165, 1.54) is 5.56 Å². The van der Waals surface area contributed by atoms with Crippen LogP contribution in [0.2, 0.25) is 0 Å². The molecule has 0 bridgehead atoms. The van der Waals surface area contributed by atoms with Crippen molar-refractivity contribution in [3.05, 3.63) is 48.8 Å². The SMILES string of the molecule is c1ccc(-c2ccnc3[nH]ncc23)cc1. The number of aromatic nitrogens is 3. The number of hydrogen-bond acceptors (Lipinski definition) is 2. The summed E-state index contributed by atoms with van der Waals surface area (Å²) >= 11 is 0. The fourth-order valence-electron chi connectivity index (χ4n) is 1.72. The Bertz CT molecular complexity index is 584. The molecule has 0 spiro atoms. The van der Waals surface area contributed by atoms with Gasteiger partial charge in [0.15, 0.2) is 5.65 Å². The Kier molecular flexibility index (Phi) is 1.75. The first-order valence-corrected chi connectivity index (χ1v) is 4.78. The van der Waals surface area contributed by atoms with E-state index in [0.29, 0.717) is 0 Å². The van der Waals surface area contributed by atoms with Gasteiger partial charge >= 0.3 is 0 Å². The third kappa shape index (κ3) is 1.29. The second-order valence-electron chi connectivity index (χ2n) is 3.36. The molecule has 72 valence electrons.